The maximum Gasteiger partial charge on any atom is 0.127 e. The molecule has 15 heavy (non-hydrogen) atoms. The quantitative estimate of drug-likeness (QED) is 0.659. The summed E-state index contributed by atoms with van der Waals surface area (Å²) in [5.41, 5.74) is 0.601. The summed E-state index contributed by atoms with van der Waals surface area (Å²) in [5, 5.41) is 3.06. The predicted molar refractivity (Wildman–Crippen MR) is 61.2 cm³/mol. The van der Waals surface area contributed by atoms with Crippen LogP contribution in [0, 0.1) is 11.6 Å². The average molecular weight is 278 g/mol. The summed E-state index contributed by atoms with van der Waals surface area (Å²) in [4.78, 5) is 0. The van der Waals surface area contributed by atoms with Gasteiger partial charge in [0.05, 0.1) is 5.45 Å². The number of alkyl halides is 1. The highest BCUT2D eigenvalue weighted by Crippen LogP contribution is 2.25. The van der Waals surface area contributed by atoms with E-state index in [1.54, 1.807) is 0 Å². The molecule has 0 bridgehead atoms. The zero-order chi connectivity index (χ0) is 11.5. The number of benzene rings is 1. The molecule has 0 aliphatic heterocycles. The van der Waals surface area contributed by atoms with E-state index >= 15 is 0 Å². The molecule has 0 saturated carbocycles. The first-order valence-electron chi connectivity index (χ1n) is 4.69. The van der Waals surface area contributed by atoms with Crippen LogP contribution in [0.15, 0.2) is 18.2 Å². The Hall–Kier alpha value is -0.480. The van der Waals surface area contributed by atoms with Crippen LogP contribution in [0.25, 0.3) is 0 Å². The second-order valence-electron chi connectivity index (χ2n) is 4.07. The second-order valence-corrected chi connectivity index (χ2v) is 4.63. The van der Waals surface area contributed by atoms with Gasteiger partial charge in [-0.1, -0.05) is 29.8 Å². The SMILES string of the molecule is CC(C)(CNCBr)c1cc(F)ccc1F. The van der Waals surface area contributed by atoms with Crippen molar-refractivity contribution in [3.8, 4) is 0 Å². The molecule has 0 unspecified atom stereocenters. The molecule has 0 saturated heterocycles. The smallest absolute Gasteiger partial charge is 0.127 e. The second kappa shape index (κ2) is 5.03. The van der Waals surface area contributed by atoms with Gasteiger partial charge < -0.3 is 5.32 Å². The fourth-order valence-corrected chi connectivity index (χ4v) is 1.67. The van der Waals surface area contributed by atoms with E-state index < -0.39 is 11.2 Å². The molecule has 0 radical (unpaired) electrons. The van der Waals surface area contributed by atoms with Crippen LogP contribution in [-0.4, -0.2) is 12.0 Å². The minimum absolute atomic E-state index is 0.363. The number of nitrogens with one attached hydrogen (secondary N) is 1. The van der Waals surface area contributed by atoms with E-state index in [0.29, 0.717) is 17.6 Å². The van der Waals surface area contributed by atoms with E-state index in [9.17, 15) is 8.78 Å². The summed E-state index contributed by atoms with van der Waals surface area (Å²) in [6.45, 7) is 4.33. The molecule has 4 heteroatoms. The number of hydrogen-bond acceptors (Lipinski definition) is 1. The largest absolute Gasteiger partial charge is 0.306 e. The molecule has 0 aliphatic rings. The first-order valence-corrected chi connectivity index (χ1v) is 5.82. The Morgan fingerprint density at radius 3 is 2.60 bits per heavy atom. The molecule has 0 atom stereocenters. The summed E-state index contributed by atoms with van der Waals surface area (Å²) in [5.74, 6) is -0.768. The maximum atomic E-state index is 13.5. The molecule has 0 aliphatic carbocycles. The fourth-order valence-electron chi connectivity index (χ4n) is 1.47. The van der Waals surface area contributed by atoms with Crippen LogP contribution in [0.4, 0.5) is 8.78 Å². The zero-order valence-corrected chi connectivity index (χ0v) is 10.4. The molecule has 0 spiro atoms. The molecule has 1 rings (SSSR count). The van der Waals surface area contributed by atoms with Crippen molar-refractivity contribution >= 4 is 15.9 Å². The highest BCUT2D eigenvalue weighted by atomic mass is 79.9. The molecule has 0 fully saturated rings. The highest BCUT2D eigenvalue weighted by Gasteiger charge is 2.24. The summed E-state index contributed by atoms with van der Waals surface area (Å²) in [6, 6.07) is 3.55. The third kappa shape index (κ3) is 3.24. The minimum Gasteiger partial charge on any atom is -0.306 e. The van der Waals surface area contributed by atoms with Gasteiger partial charge in [0.25, 0.3) is 0 Å². The van der Waals surface area contributed by atoms with Crippen molar-refractivity contribution in [3.05, 3.63) is 35.4 Å². The van der Waals surface area contributed by atoms with Gasteiger partial charge in [-0.3, -0.25) is 0 Å². The Bertz CT molecular complexity index is 339. The standard InChI is InChI=1S/C11H14BrF2N/c1-11(2,6-15-7-12)9-5-8(13)3-4-10(9)14/h3-5,15H,6-7H2,1-2H3. The normalized spacial score (nSPS) is 11.8. The number of hydrogen-bond donors (Lipinski definition) is 1. The lowest BCUT2D eigenvalue weighted by Gasteiger charge is -2.25. The minimum atomic E-state index is -0.431. The van der Waals surface area contributed by atoms with Crippen molar-refractivity contribution in [1.29, 1.82) is 0 Å². The summed E-state index contributed by atoms with van der Waals surface area (Å²) >= 11 is 3.23. The van der Waals surface area contributed by atoms with E-state index in [1.165, 1.54) is 12.1 Å². The number of rotatable bonds is 4. The fraction of sp³-hybridized carbons (Fsp3) is 0.455. The molecule has 0 heterocycles. The van der Waals surface area contributed by atoms with Gasteiger partial charge in [0, 0.05) is 12.0 Å². The Morgan fingerprint density at radius 2 is 2.00 bits per heavy atom. The van der Waals surface area contributed by atoms with Crippen molar-refractivity contribution in [1.82, 2.24) is 5.32 Å². The van der Waals surface area contributed by atoms with Crippen molar-refractivity contribution in [2.24, 2.45) is 0 Å². The van der Waals surface area contributed by atoms with Crippen LogP contribution in [0.1, 0.15) is 19.4 Å². The van der Waals surface area contributed by atoms with Gasteiger partial charge in [0.2, 0.25) is 0 Å². The van der Waals surface area contributed by atoms with Gasteiger partial charge in [-0.2, -0.15) is 0 Å². The Morgan fingerprint density at radius 1 is 1.33 bits per heavy atom. The first-order chi connectivity index (χ1) is 6.97. The van der Waals surface area contributed by atoms with E-state index in [-0.39, 0.29) is 5.82 Å². The lowest BCUT2D eigenvalue weighted by Crippen LogP contribution is -2.33. The maximum absolute atomic E-state index is 13.5. The van der Waals surface area contributed by atoms with E-state index in [4.69, 9.17) is 0 Å². The molecule has 0 aromatic heterocycles. The highest BCUT2D eigenvalue weighted by molar-refractivity contribution is 9.09. The molecule has 84 valence electrons. The molecular formula is C11H14BrF2N. The summed E-state index contributed by atoms with van der Waals surface area (Å²) < 4.78 is 26.5. The molecule has 1 aromatic carbocycles. The van der Waals surface area contributed by atoms with E-state index in [2.05, 4.69) is 21.2 Å². The van der Waals surface area contributed by atoms with Crippen LogP contribution in [0.5, 0.6) is 0 Å². The number of halogens is 3. The van der Waals surface area contributed by atoms with E-state index in [1.807, 2.05) is 13.8 Å². The third-order valence-electron chi connectivity index (χ3n) is 2.32. The molecule has 1 aromatic rings. The van der Waals surface area contributed by atoms with Gasteiger partial charge >= 0.3 is 0 Å². The molecule has 1 N–H and O–H groups in total. The Kier molecular flexibility index (Phi) is 4.22. The lowest BCUT2D eigenvalue weighted by atomic mass is 9.84. The monoisotopic (exact) mass is 277 g/mol. The van der Waals surface area contributed by atoms with Gasteiger partial charge in [0.15, 0.2) is 0 Å². The van der Waals surface area contributed by atoms with E-state index in [0.717, 1.165) is 6.07 Å². The van der Waals surface area contributed by atoms with Gasteiger partial charge in [0.1, 0.15) is 11.6 Å². The van der Waals surface area contributed by atoms with Gasteiger partial charge in [-0.15, -0.1) is 0 Å². The van der Waals surface area contributed by atoms with Crippen LogP contribution < -0.4 is 5.32 Å². The van der Waals surface area contributed by atoms with Crippen LogP contribution >= 0.6 is 15.9 Å². The molecule has 0 amide bonds. The van der Waals surface area contributed by atoms with Crippen LogP contribution in [0.2, 0.25) is 0 Å². The average Bonchev–Trinajstić information content (AvgIpc) is 2.18. The van der Waals surface area contributed by atoms with Gasteiger partial charge in [-0.25, -0.2) is 8.78 Å². The predicted octanol–water partition coefficient (Wildman–Crippen LogP) is 3.18. The Balaban J connectivity index is 2.97. The first kappa shape index (κ1) is 12.6. The zero-order valence-electron chi connectivity index (χ0n) is 8.78. The topological polar surface area (TPSA) is 12.0 Å². The Labute approximate surface area is 97.0 Å². The van der Waals surface area contributed by atoms with Gasteiger partial charge in [-0.05, 0) is 23.8 Å². The van der Waals surface area contributed by atoms with Crippen molar-refractivity contribution < 1.29 is 8.78 Å². The van der Waals surface area contributed by atoms with Crippen molar-refractivity contribution in [2.75, 3.05) is 12.0 Å². The lowest BCUT2D eigenvalue weighted by molar-refractivity contribution is 0.455. The van der Waals surface area contributed by atoms with Crippen LogP contribution in [-0.2, 0) is 5.41 Å². The van der Waals surface area contributed by atoms with Crippen molar-refractivity contribution in [3.63, 3.8) is 0 Å². The molecule has 1 nitrogen and oxygen atoms in total. The van der Waals surface area contributed by atoms with Crippen molar-refractivity contribution in [2.45, 2.75) is 19.3 Å². The summed E-state index contributed by atoms with van der Waals surface area (Å²) in [7, 11) is 0. The molecular weight excluding hydrogens is 264 g/mol. The summed E-state index contributed by atoms with van der Waals surface area (Å²) in [6.07, 6.45) is 0. The van der Waals surface area contributed by atoms with Crippen LogP contribution in [0.3, 0.4) is 0 Å². The third-order valence-corrected chi connectivity index (χ3v) is 2.72.